The quantitative estimate of drug-likeness (QED) is 0.640. The zero-order valence-electron chi connectivity index (χ0n) is 10.4. The average molecular weight is 375 g/mol. The molecule has 10 heteroatoms. The van der Waals surface area contributed by atoms with Crippen LogP contribution in [0.2, 0.25) is 15.1 Å². The van der Waals surface area contributed by atoms with Gasteiger partial charge in [-0.1, -0.05) is 34.8 Å². The lowest BCUT2D eigenvalue weighted by Gasteiger charge is -2.28. The first-order valence-corrected chi connectivity index (χ1v) is 8.36. The number of hydrogen-bond acceptors (Lipinski definition) is 4. The van der Waals surface area contributed by atoms with Crippen LogP contribution in [0.5, 0.6) is 0 Å². The summed E-state index contributed by atoms with van der Waals surface area (Å²) < 4.78 is 37.2. The van der Waals surface area contributed by atoms with E-state index in [1.165, 1.54) is 0 Å². The van der Waals surface area contributed by atoms with Crippen LogP contribution in [0.25, 0.3) is 0 Å². The zero-order valence-corrected chi connectivity index (χ0v) is 13.5. The number of ether oxygens (including phenoxy) is 1. The molecule has 0 saturated heterocycles. The van der Waals surface area contributed by atoms with Gasteiger partial charge in [-0.15, -0.1) is 4.31 Å². The standard InChI is InChI=1S/C11H10Cl3NO5S/c12-7-4-9(14)10(5-8(7)13)15(21(17,18)19)11(16)20-6-2-1-3-6/h4-6H,1-3H2,(H,17,18,19). The zero-order chi connectivity index (χ0) is 15.8. The van der Waals surface area contributed by atoms with E-state index < -0.39 is 16.4 Å². The molecular weight excluding hydrogens is 365 g/mol. The summed E-state index contributed by atoms with van der Waals surface area (Å²) in [4.78, 5) is 12.0. The molecule has 0 radical (unpaired) electrons. The predicted molar refractivity (Wildman–Crippen MR) is 79.6 cm³/mol. The fourth-order valence-corrected chi connectivity index (χ4v) is 2.97. The van der Waals surface area contributed by atoms with E-state index in [0.29, 0.717) is 12.8 Å². The van der Waals surface area contributed by atoms with Gasteiger partial charge in [0.05, 0.1) is 20.8 Å². The molecule has 1 aliphatic carbocycles. The van der Waals surface area contributed by atoms with E-state index in [9.17, 15) is 17.8 Å². The van der Waals surface area contributed by atoms with Crippen LogP contribution < -0.4 is 4.31 Å². The molecule has 1 saturated carbocycles. The van der Waals surface area contributed by atoms with Gasteiger partial charge < -0.3 is 4.74 Å². The summed E-state index contributed by atoms with van der Waals surface area (Å²) in [5, 5.41) is -0.123. The molecule has 116 valence electrons. The van der Waals surface area contributed by atoms with Crippen LogP contribution >= 0.6 is 34.8 Å². The maximum Gasteiger partial charge on any atom is 0.430 e. The molecule has 1 aliphatic rings. The van der Waals surface area contributed by atoms with Gasteiger partial charge in [0.25, 0.3) is 0 Å². The monoisotopic (exact) mass is 373 g/mol. The molecule has 2 rings (SSSR count). The molecule has 0 unspecified atom stereocenters. The van der Waals surface area contributed by atoms with Crippen LogP contribution in [0.4, 0.5) is 10.5 Å². The van der Waals surface area contributed by atoms with E-state index in [2.05, 4.69) is 0 Å². The minimum atomic E-state index is -4.93. The van der Waals surface area contributed by atoms with Crippen molar-refractivity contribution in [2.45, 2.75) is 25.4 Å². The number of anilines is 1. The van der Waals surface area contributed by atoms with Crippen molar-refractivity contribution in [2.24, 2.45) is 0 Å². The summed E-state index contributed by atoms with van der Waals surface area (Å²) >= 11 is 17.4. The molecule has 1 fully saturated rings. The van der Waals surface area contributed by atoms with Crippen LogP contribution in [-0.4, -0.2) is 25.2 Å². The van der Waals surface area contributed by atoms with Crippen molar-refractivity contribution in [1.29, 1.82) is 0 Å². The van der Waals surface area contributed by atoms with Gasteiger partial charge in [0, 0.05) is 0 Å². The van der Waals surface area contributed by atoms with Gasteiger partial charge in [-0.25, -0.2) is 4.79 Å². The lowest BCUT2D eigenvalue weighted by molar-refractivity contribution is 0.0597. The first kappa shape index (κ1) is 16.6. The number of rotatable bonds is 3. The van der Waals surface area contributed by atoms with Crippen LogP contribution in [0.1, 0.15) is 19.3 Å². The van der Waals surface area contributed by atoms with Gasteiger partial charge in [-0.05, 0) is 31.4 Å². The Labute approximate surface area is 136 Å². The van der Waals surface area contributed by atoms with Crippen molar-refractivity contribution in [3.8, 4) is 0 Å². The molecular formula is C11H10Cl3NO5S. The molecule has 6 nitrogen and oxygen atoms in total. The summed E-state index contributed by atoms with van der Waals surface area (Å²) in [6.07, 6.45) is 0.545. The Bertz CT molecular complexity index is 675. The first-order valence-electron chi connectivity index (χ1n) is 5.83. The lowest BCUT2D eigenvalue weighted by atomic mass is 9.96. The highest BCUT2D eigenvalue weighted by molar-refractivity contribution is 7.88. The number of benzene rings is 1. The number of hydrogen-bond donors (Lipinski definition) is 1. The summed E-state index contributed by atoms with van der Waals surface area (Å²) in [6, 6.07) is 2.22. The summed E-state index contributed by atoms with van der Waals surface area (Å²) in [5.74, 6) is 0. The van der Waals surface area contributed by atoms with Crippen LogP contribution in [0.15, 0.2) is 12.1 Å². The van der Waals surface area contributed by atoms with E-state index >= 15 is 0 Å². The minimum absolute atomic E-state index is 0.0267. The van der Waals surface area contributed by atoms with Gasteiger partial charge in [0.1, 0.15) is 6.10 Å². The summed E-state index contributed by atoms with van der Waals surface area (Å²) in [6.45, 7) is 0. The predicted octanol–water partition coefficient (Wildman–Crippen LogP) is 3.95. The van der Waals surface area contributed by atoms with Gasteiger partial charge >= 0.3 is 16.4 Å². The highest BCUT2D eigenvalue weighted by atomic mass is 35.5. The Kier molecular flexibility index (Phi) is 4.89. The lowest BCUT2D eigenvalue weighted by Crippen LogP contribution is -2.40. The fourth-order valence-electron chi connectivity index (χ4n) is 1.66. The molecule has 1 amide bonds. The van der Waals surface area contributed by atoms with Crippen LogP contribution in [0.3, 0.4) is 0 Å². The SMILES string of the molecule is O=C(OC1CCC1)N(c1cc(Cl)c(Cl)cc1Cl)S(=O)(=O)O. The van der Waals surface area contributed by atoms with Crippen molar-refractivity contribution in [2.75, 3.05) is 4.31 Å². The Hall–Kier alpha value is -0.730. The average Bonchev–Trinajstić information content (AvgIpc) is 2.29. The number of amides is 1. The normalized spacial score (nSPS) is 15.4. The van der Waals surface area contributed by atoms with Crippen molar-refractivity contribution >= 4 is 56.9 Å². The minimum Gasteiger partial charge on any atom is -0.445 e. The van der Waals surface area contributed by atoms with Crippen molar-refractivity contribution < 1.29 is 22.5 Å². The van der Waals surface area contributed by atoms with Gasteiger partial charge in [-0.2, -0.15) is 8.42 Å². The number of carbonyl (C=O) groups is 1. The highest BCUT2D eigenvalue weighted by Crippen LogP contribution is 2.36. The summed E-state index contributed by atoms with van der Waals surface area (Å²) in [5.41, 5.74) is -0.335. The van der Waals surface area contributed by atoms with E-state index in [-0.39, 0.29) is 31.2 Å². The molecule has 0 aromatic heterocycles. The Morgan fingerprint density at radius 1 is 1.19 bits per heavy atom. The number of halogens is 3. The molecule has 0 heterocycles. The second-order valence-corrected chi connectivity index (χ2v) is 6.88. The molecule has 1 aromatic carbocycles. The molecule has 0 atom stereocenters. The van der Waals surface area contributed by atoms with Gasteiger partial charge in [-0.3, -0.25) is 4.55 Å². The Balaban J connectivity index is 2.41. The second kappa shape index (κ2) is 6.18. The van der Waals surface area contributed by atoms with Crippen LogP contribution in [0, 0.1) is 0 Å². The van der Waals surface area contributed by atoms with Gasteiger partial charge in [0.2, 0.25) is 0 Å². The molecule has 1 N–H and O–H groups in total. The van der Waals surface area contributed by atoms with E-state index in [1.54, 1.807) is 0 Å². The Morgan fingerprint density at radius 2 is 1.76 bits per heavy atom. The Morgan fingerprint density at radius 3 is 2.24 bits per heavy atom. The largest absolute Gasteiger partial charge is 0.445 e. The third-order valence-corrected chi connectivity index (χ3v) is 4.76. The fraction of sp³-hybridized carbons (Fsp3) is 0.364. The number of carbonyl (C=O) groups excluding carboxylic acids is 1. The molecule has 0 bridgehead atoms. The van der Waals surface area contributed by atoms with Gasteiger partial charge in [0.15, 0.2) is 0 Å². The molecule has 0 aliphatic heterocycles. The highest BCUT2D eigenvalue weighted by Gasteiger charge is 2.34. The third kappa shape index (κ3) is 3.73. The summed E-state index contributed by atoms with van der Waals surface area (Å²) in [7, 11) is -4.93. The molecule has 21 heavy (non-hydrogen) atoms. The second-order valence-electron chi connectivity index (χ2n) is 4.40. The first-order chi connectivity index (χ1) is 9.70. The maximum absolute atomic E-state index is 12.0. The molecule has 1 aromatic rings. The van der Waals surface area contributed by atoms with E-state index in [1.807, 2.05) is 0 Å². The van der Waals surface area contributed by atoms with Crippen molar-refractivity contribution in [1.82, 2.24) is 0 Å². The topological polar surface area (TPSA) is 83.9 Å². The third-order valence-electron chi connectivity index (χ3n) is 2.92. The number of nitrogens with zero attached hydrogens (tertiary/aromatic N) is 1. The maximum atomic E-state index is 12.0. The van der Waals surface area contributed by atoms with E-state index in [4.69, 9.17) is 39.5 Å². The van der Waals surface area contributed by atoms with Crippen molar-refractivity contribution in [3.63, 3.8) is 0 Å². The van der Waals surface area contributed by atoms with Crippen LogP contribution in [-0.2, 0) is 15.0 Å². The van der Waals surface area contributed by atoms with Crippen molar-refractivity contribution in [3.05, 3.63) is 27.2 Å². The van der Waals surface area contributed by atoms with E-state index in [0.717, 1.165) is 18.6 Å². The molecule has 0 spiro atoms. The smallest absolute Gasteiger partial charge is 0.430 e.